The molecule has 6 heteroatoms. The zero-order valence-corrected chi connectivity index (χ0v) is 12.9. The first kappa shape index (κ1) is 15.0. The Morgan fingerprint density at radius 1 is 1.16 bits per heavy atom. The SMILES string of the molecule is N#CC1=C2C=CC=CN2C(=O)C2C(O)=C(c3ccccc3)C(=O)OC12. The maximum Gasteiger partial charge on any atom is 0.342 e. The molecule has 3 heterocycles. The summed E-state index contributed by atoms with van der Waals surface area (Å²) < 4.78 is 5.41. The second-order valence-corrected chi connectivity index (χ2v) is 5.75. The lowest BCUT2D eigenvalue weighted by molar-refractivity contribution is -0.150. The largest absolute Gasteiger partial charge is 0.510 e. The van der Waals surface area contributed by atoms with E-state index in [1.807, 2.05) is 6.07 Å². The van der Waals surface area contributed by atoms with Gasteiger partial charge in [0, 0.05) is 6.20 Å². The molecule has 2 unspecified atom stereocenters. The normalized spacial score (nSPS) is 24.7. The Morgan fingerprint density at radius 2 is 1.92 bits per heavy atom. The molecule has 25 heavy (non-hydrogen) atoms. The number of nitriles is 1. The van der Waals surface area contributed by atoms with Crippen molar-refractivity contribution in [1.29, 1.82) is 5.26 Å². The van der Waals surface area contributed by atoms with Gasteiger partial charge in [-0.25, -0.2) is 4.79 Å². The maximum absolute atomic E-state index is 12.9. The van der Waals surface area contributed by atoms with E-state index in [1.54, 1.807) is 48.6 Å². The van der Waals surface area contributed by atoms with E-state index in [9.17, 15) is 20.0 Å². The number of nitrogens with zero attached hydrogens (tertiary/aromatic N) is 2. The van der Waals surface area contributed by atoms with Crippen molar-refractivity contribution in [3.05, 3.63) is 77.4 Å². The van der Waals surface area contributed by atoms with E-state index in [0.29, 0.717) is 11.3 Å². The fourth-order valence-corrected chi connectivity index (χ4v) is 3.26. The minimum atomic E-state index is -1.14. The van der Waals surface area contributed by atoms with Crippen LogP contribution in [0.1, 0.15) is 5.56 Å². The van der Waals surface area contributed by atoms with Gasteiger partial charge in [-0.2, -0.15) is 5.26 Å². The number of fused-ring (bicyclic) bond motifs is 2. The lowest BCUT2D eigenvalue weighted by atomic mass is 9.82. The van der Waals surface area contributed by atoms with Gasteiger partial charge >= 0.3 is 5.97 Å². The molecule has 0 fully saturated rings. The summed E-state index contributed by atoms with van der Waals surface area (Å²) in [5.74, 6) is -2.71. The van der Waals surface area contributed by atoms with Gasteiger partial charge in [0.2, 0.25) is 5.91 Å². The Balaban J connectivity index is 1.91. The van der Waals surface area contributed by atoms with E-state index >= 15 is 0 Å². The molecule has 1 aromatic carbocycles. The predicted molar refractivity (Wildman–Crippen MR) is 87.1 cm³/mol. The summed E-state index contributed by atoms with van der Waals surface area (Å²) in [4.78, 5) is 26.6. The quantitative estimate of drug-likeness (QED) is 0.796. The van der Waals surface area contributed by atoms with Gasteiger partial charge in [0.1, 0.15) is 23.3 Å². The molecule has 0 bridgehead atoms. The summed E-state index contributed by atoms with van der Waals surface area (Å²) in [5.41, 5.74) is 0.906. The second kappa shape index (κ2) is 5.49. The van der Waals surface area contributed by atoms with Crippen molar-refractivity contribution in [2.75, 3.05) is 0 Å². The lowest BCUT2D eigenvalue weighted by Crippen LogP contribution is -2.49. The summed E-state index contributed by atoms with van der Waals surface area (Å²) >= 11 is 0. The summed E-state index contributed by atoms with van der Waals surface area (Å²) in [7, 11) is 0. The number of allylic oxidation sites excluding steroid dienone is 3. The van der Waals surface area contributed by atoms with Gasteiger partial charge in [0.05, 0.1) is 11.3 Å². The average Bonchev–Trinajstić information content (AvgIpc) is 2.63. The van der Waals surface area contributed by atoms with Gasteiger partial charge in [0.25, 0.3) is 0 Å². The van der Waals surface area contributed by atoms with E-state index in [4.69, 9.17) is 4.74 Å². The van der Waals surface area contributed by atoms with E-state index < -0.39 is 23.9 Å². The van der Waals surface area contributed by atoms with E-state index in [0.717, 1.165) is 0 Å². The van der Waals surface area contributed by atoms with Crippen molar-refractivity contribution in [2.45, 2.75) is 6.10 Å². The van der Waals surface area contributed by atoms with Crippen molar-refractivity contribution in [3.8, 4) is 6.07 Å². The molecule has 122 valence electrons. The van der Waals surface area contributed by atoms with Crippen LogP contribution in [-0.4, -0.2) is 28.0 Å². The number of aliphatic hydroxyl groups excluding tert-OH is 1. The van der Waals surface area contributed by atoms with Gasteiger partial charge in [0.15, 0.2) is 6.10 Å². The number of esters is 1. The lowest BCUT2D eigenvalue weighted by Gasteiger charge is -2.39. The number of carbonyl (C=O) groups is 2. The number of hydrogen-bond acceptors (Lipinski definition) is 5. The first-order valence-electron chi connectivity index (χ1n) is 7.65. The average molecular weight is 332 g/mol. The molecule has 0 aliphatic carbocycles. The number of carbonyl (C=O) groups excluding carboxylic acids is 2. The Morgan fingerprint density at radius 3 is 2.64 bits per heavy atom. The minimum absolute atomic E-state index is 0.0486. The van der Waals surface area contributed by atoms with Gasteiger partial charge in [-0.3, -0.25) is 9.69 Å². The molecular formula is C19H12N2O4. The molecule has 0 radical (unpaired) electrons. The van der Waals surface area contributed by atoms with Gasteiger partial charge < -0.3 is 9.84 Å². The van der Waals surface area contributed by atoms with Crippen molar-refractivity contribution < 1.29 is 19.4 Å². The van der Waals surface area contributed by atoms with Crippen LogP contribution in [0.4, 0.5) is 0 Å². The van der Waals surface area contributed by atoms with Gasteiger partial charge in [-0.15, -0.1) is 0 Å². The highest BCUT2D eigenvalue weighted by Crippen LogP contribution is 2.41. The number of amides is 1. The van der Waals surface area contributed by atoms with Crippen molar-refractivity contribution in [2.24, 2.45) is 5.92 Å². The summed E-state index contributed by atoms with van der Waals surface area (Å²) in [6, 6.07) is 10.5. The second-order valence-electron chi connectivity index (χ2n) is 5.75. The zero-order chi connectivity index (χ0) is 17.6. The smallest absolute Gasteiger partial charge is 0.342 e. The Bertz CT molecular complexity index is 947. The Labute approximate surface area is 143 Å². The van der Waals surface area contributed by atoms with E-state index in [2.05, 4.69) is 0 Å². The molecular weight excluding hydrogens is 320 g/mol. The first-order chi connectivity index (χ1) is 12.1. The Kier molecular flexibility index (Phi) is 3.29. The number of hydrogen-bond donors (Lipinski definition) is 1. The van der Waals surface area contributed by atoms with Crippen LogP contribution in [0, 0.1) is 17.2 Å². The minimum Gasteiger partial charge on any atom is -0.510 e. The standard InChI is InChI=1S/C19H12N2O4/c20-10-12-13-8-4-5-9-21(13)18(23)15-16(22)14(19(24)25-17(12)15)11-6-2-1-3-7-11/h1-9,15,17,22H. The predicted octanol–water partition coefficient (Wildman–Crippen LogP) is 2.20. The number of ether oxygens (including phenoxy) is 1. The monoisotopic (exact) mass is 332 g/mol. The molecule has 0 saturated heterocycles. The summed E-state index contributed by atoms with van der Waals surface area (Å²) in [5, 5.41) is 20.2. The van der Waals surface area contributed by atoms with Crippen LogP contribution >= 0.6 is 0 Å². The van der Waals surface area contributed by atoms with Crippen molar-refractivity contribution in [3.63, 3.8) is 0 Å². The van der Waals surface area contributed by atoms with Crippen LogP contribution in [-0.2, 0) is 14.3 Å². The molecule has 3 aliphatic rings. The fraction of sp³-hybridized carbons (Fsp3) is 0.105. The highest BCUT2D eigenvalue weighted by molar-refractivity contribution is 6.19. The third-order valence-corrected chi connectivity index (χ3v) is 4.40. The molecule has 0 aromatic heterocycles. The van der Waals surface area contributed by atoms with Crippen LogP contribution in [0.25, 0.3) is 5.57 Å². The van der Waals surface area contributed by atoms with Crippen molar-refractivity contribution in [1.82, 2.24) is 4.90 Å². The van der Waals surface area contributed by atoms with Crippen LogP contribution in [0.5, 0.6) is 0 Å². The fourth-order valence-electron chi connectivity index (χ4n) is 3.26. The van der Waals surface area contributed by atoms with Crippen LogP contribution in [0.15, 0.2) is 71.8 Å². The summed E-state index contributed by atoms with van der Waals surface area (Å²) in [6.45, 7) is 0. The molecule has 2 atom stereocenters. The zero-order valence-electron chi connectivity index (χ0n) is 12.9. The van der Waals surface area contributed by atoms with Crippen molar-refractivity contribution >= 4 is 17.4 Å². The third kappa shape index (κ3) is 2.10. The molecule has 3 aliphatic heterocycles. The first-order valence-corrected chi connectivity index (χ1v) is 7.65. The van der Waals surface area contributed by atoms with Crippen LogP contribution < -0.4 is 0 Å². The topological polar surface area (TPSA) is 90.6 Å². The summed E-state index contributed by atoms with van der Waals surface area (Å²) in [6.07, 6.45) is 5.35. The van der Waals surface area contributed by atoms with Crippen LogP contribution in [0.2, 0.25) is 0 Å². The maximum atomic E-state index is 12.9. The number of rotatable bonds is 1. The number of benzene rings is 1. The third-order valence-electron chi connectivity index (χ3n) is 4.40. The molecule has 1 N–H and O–H groups in total. The molecule has 1 aromatic rings. The molecule has 6 nitrogen and oxygen atoms in total. The Hall–Kier alpha value is -3.59. The molecule has 4 rings (SSSR count). The van der Waals surface area contributed by atoms with Crippen LogP contribution in [0.3, 0.4) is 0 Å². The van der Waals surface area contributed by atoms with Gasteiger partial charge in [-0.05, 0) is 17.7 Å². The van der Waals surface area contributed by atoms with E-state index in [-0.39, 0.29) is 16.9 Å². The molecule has 0 spiro atoms. The highest BCUT2D eigenvalue weighted by atomic mass is 16.5. The highest BCUT2D eigenvalue weighted by Gasteiger charge is 2.50. The molecule has 0 saturated carbocycles. The molecule has 1 amide bonds. The van der Waals surface area contributed by atoms with E-state index in [1.165, 1.54) is 11.1 Å². The number of aliphatic hydroxyl groups is 1. The van der Waals surface area contributed by atoms with Gasteiger partial charge in [-0.1, -0.05) is 36.4 Å².